The second kappa shape index (κ2) is 10.6. The Bertz CT molecular complexity index is 930. The van der Waals surface area contributed by atoms with E-state index in [-0.39, 0.29) is 30.2 Å². The van der Waals surface area contributed by atoms with Crippen molar-refractivity contribution in [3.63, 3.8) is 0 Å². The lowest BCUT2D eigenvalue weighted by Gasteiger charge is -2.20. The van der Waals surface area contributed by atoms with Gasteiger partial charge in [-0.2, -0.15) is 0 Å². The zero-order valence-electron chi connectivity index (χ0n) is 15.9. The SMILES string of the molecule is CCOC(=O)[C@@H](CO/N=C/c1cccc([N+](=O)[O-])c1)[C@H](O)c1ccc([N+](=O)[O-])cc1. The van der Waals surface area contributed by atoms with Crippen LogP contribution in [-0.4, -0.2) is 40.4 Å². The average molecular weight is 417 g/mol. The lowest BCUT2D eigenvalue weighted by molar-refractivity contribution is -0.385. The van der Waals surface area contributed by atoms with Crippen molar-refractivity contribution in [3.8, 4) is 0 Å². The van der Waals surface area contributed by atoms with Gasteiger partial charge in [0.2, 0.25) is 0 Å². The Labute approximate surface area is 170 Å². The van der Waals surface area contributed by atoms with Crippen molar-refractivity contribution in [1.82, 2.24) is 0 Å². The standard InChI is InChI=1S/C19H19N3O8/c1-2-29-19(24)17(18(23)14-6-8-15(9-7-14)21(25)26)12-30-20-11-13-4-3-5-16(10-13)22(27)28/h3-11,17-18,23H,2,12H2,1H3/b20-11+/t17-,18+/m0/s1. The predicted octanol–water partition coefficient (Wildman–Crippen LogP) is 2.77. The van der Waals surface area contributed by atoms with Gasteiger partial charge in [-0.05, 0) is 24.6 Å². The number of carbonyl (C=O) groups excluding carboxylic acids is 1. The largest absolute Gasteiger partial charge is 0.466 e. The van der Waals surface area contributed by atoms with Crippen LogP contribution in [0.1, 0.15) is 24.2 Å². The van der Waals surface area contributed by atoms with Crippen LogP contribution < -0.4 is 0 Å². The number of aliphatic hydroxyl groups excluding tert-OH is 1. The van der Waals surface area contributed by atoms with Crippen LogP contribution in [0.25, 0.3) is 0 Å². The molecule has 0 unspecified atom stereocenters. The smallest absolute Gasteiger partial charge is 0.315 e. The van der Waals surface area contributed by atoms with Crippen LogP contribution in [0.4, 0.5) is 11.4 Å². The number of esters is 1. The highest BCUT2D eigenvalue weighted by molar-refractivity contribution is 5.80. The van der Waals surface area contributed by atoms with Crippen molar-refractivity contribution < 1.29 is 29.3 Å². The maximum Gasteiger partial charge on any atom is 0.315 e. The molecule has 0 heterocycles. The van der Waals surface area contributed by atoms with Gasteiger partial charge in [-0.15, -0.1) is 0 Å². The van der Waals surface area contributed by atoms with Gasteiger partial charge in [-0.3, -0.25) is 25.0 Å². The Balaban J connectivity index is 2.09. The van der Waals surface area contributed by atoms with E-state index in [4.69, 9.17) is 9.57 Å². The average Bonchev–Trinajstić information content (AvgIpc) is 2.73. The third kappa shape index (κ3) is 6.07. The van der Waals surface area contributed by atoms with Gasteiger partial charge in [0.25, 0.3) is 11.4 Å². The highest BCUT2D eigenvalue weighted by Crippen LogP contribution is 2.26. The highest BCUT2D eigenvalue weighted by atomic mass is 16.6. The molecule has 158 valence electrons. The molecule has 0 amide bonds. The predicted molar refractivity (Wildman–Crippen MR) is 105 cm³/mol. The topological polar surface area (TPSA) is 154 Å². The van der Waals surface area contributed by atoms with Gasteiger partial charge in [0, 0.05) is 29.8 Å². The van der Waals surface area contributed by atoms with E-state index >= 15 is 0 Å². The second-order valence-corrected chi connectivity index (χ2v) is 6.03. The van der Waals surface area contributed by atoms with E-state index in [1.165, 1.54) is 48.7 Å². The number of hydrogen-bond acceptors (Lipinski definition) is 9. The lowest BCUT2D eigenvalue weighted by atomic mass is 9.96. The van der Waals surface area contributed by atoms with Crippen LogP contribution in [0.2, 0.25) is 0 Å². The summed E-state index contributed by atoms with van der Waals surface area (Å²) in [5, 5.41) is 35.8. The van der Waals surface area contributed by atoms with Crippen LogP contribution in [0, 0.1) is 26.1 Å². The van der Waals surface area contributed by atoms with Gasteiger partial charge in [-0.25, -0.2) is 0 Å². The van der Waals surface area contributed by atoms with Gasteiger partial charge in [0.15, 0.2) is 0 Å². The van der Waals surface area contributed by atoms with E-state index in [2.05, 4.69) is 5.16 Å². The Morgan fingerprint density at radius 1 is 1.13 bits per heavy atom. The first-order valence-corrected chi connectivity index (χ1v) is 8.82. The van der Waals surface area contributed by atoms with Crippen LogP contribution >= 0.6 is 0 Å². The molecule has 11 heteroatoms. The van der Waals surface area contributed by atoms with Gasteiger partial charge >= 0.3 is 5.97 Å². The van der Waals surface area contributed by atoms with E-state index in [1.54, 1.807) is 13.0 Å². The molecular weight excluding hydrogens is 398 g/mol. The molecule has 0 aromatic heterocycles. The molecule has 0 saturated heterocycles. The fourth-order valence-corrected chi connectivity index (χ4v) is 2.50. The van der Waals surface area contributed by atoms with Crippen molar-refractivity contribution in [1.29, 1.82) is 0 Å². The van der Waals surface area contributed by atoms with E-state index in [0.29, 0.717) is 5.56 Å². The van der Waals surface area contributed by atoms with Crippen molar-refractivity contribution in [2.75, 3.05) is 13.2 Å². The lowest BCUT2D eigenvalue weighted by Crippen LogP contribution is -2.28. The fraction of sp³-hybridized carbons (Fsp3) is 0.263. The summed E-state index contributed by atoms with van der Waals surface area (Å²) in [6.07, 6.45) is -0.120. The maximum atomic E-state index is 12.2. The van der Waals surface area contributed by atoms with Crippen LogP contribution in [0.15, 0.2) is 53.7 Å². The van der Waals surface area contributed by atoms with Gasteiger partial charge < -0.3 is 14.7 Å². The van der Waals surface area contributed by atoms with Gasteiger partial charge in [0.05, 0.1) is 28.8 Å². The number of non-ortho nitro benzene ring substituents is 2. The number of benzene rings is 2. The maximum absolute atomic E-state index is 12.2. The van der Waals surface area contributed by atoms with Gasteiger partial charge in [0.1, 0.15) is 12.5 Å². The number of aliphatic hydroxyl groups is 1. The molecule has 2 atom stereocenters. The molecule has 0 aliphatic rings. The quantitative estimate of drug-likeness (QED) is 0.268. The minimum atomic E-state index is -1.35. The molecule has 0 saturated carbocycles. The summed E-state index contributed by atoms with van der Waals surface area (Å²) in [5.74, 6) is -1.87. The monoisotopic (exact) mass is 417 g/mol. The first-order valence-electron chi connectivity index (χ1n) is 8.82. The fourth-order valence-electron chi connectivity index (χ4n) is 2.50. The van der Waals surface area contributed by atoms with Crippen molar-refractivity contribution in [2.45, 2.75) is 13.0 Å². The number of nitro benzene ring substituents is 2. The summed E-state index contributed by atoms with van der Waals surface area (Å²) in [5.41, 5.74) is 0.408. The summed E-state index contributed by atoms with van der Waals surface area (Å²) in [6, 6.07) is 10.8. The Hall–Kier alpha value is -3.86. The first-order chi connectivity index (χ1) is 14.3. The summed E-state index contributed by atoms with van der Waals surface area (Å²) in [7, 11) is 0. The molecule has 0 aliphatic carbocycles. The second-order valence-electron chi connectivity index (χ2n) is 6.03. The number of nitrogens with zero attached hydrogens (tertiary/aromatic N) is 3. The molecule has 2 aromatic rings. The Kier molecular flexibility index (Phi) is 7.94. The molecular formula is C19H19N3O8. The molecule has 2 aromatic carbocycles. The molecule has 0 spiro atoms. The van der Waals surface area contributed by atoms with Crippen LogP contribution in [0.5, 0.6) is 0 Å². The zero-order valence-corrected chi connectivity index (χ0v) is 15.9. The third-order valence-corrected chi connectivity index (χ3v) is 4.03. The summed E-state index contributed by atoms with van der Waals surface area (Å²) in [6.45, 7) is 1.34. The van der Waals surface area contributed by atoms with Crippen LogP contribution in [-0.2, 0) is 14.4 Å². The molecule has 0 radical (unpaired) electrons. The van der Waals surface area contributed by atoms with Crippen molar-refractivity contribution in [2.24, 2.45) is 11.1 Å². The third-order valence-electron chi connectivity index (χ3n) is 4.03. The zero-order chi connectivity index (χ0) is 22.1. The normalized spacial score (nSPS) is 12.9. The molecule has 1 N–H and O–H groups in total. The van der Waals surface area contributed by atoms with Crippen LogP contribution in [0.3, 0.4) is 0 Å². The van der Waals surface area contributed by atoms with Crippen molar-refractivity contribution >= 4 is 23.6 Å². The van der Waals surface area contributed by atoms with E-state index in [1.807, 2.05) is 0 Å². The molecule has 2 rings (SSSR count). The van der Waals surface area contributed by atoms with E-state index < -0.39 is 27.8 Å². The first kappa shape index (κ1) is 22.4. The number of oxime groups is 1. The van der Waals surface area contributed by atoms with Gasteiger partial charge in [-0.1, -0.05) is 17.3 Å². The van der Waals surface area contributed by atoms with Crippen molar-refractivity contribution in [3.05, 3.63) is 79.9 Å². The molecule has 0 bridgehead atoms. The molecule has 0 fully saturated rings. The highest BCUT2D eigenvalue weighted by Gasteiger charge is 2.30. The summed E-state index contributed by atoms with van der Waals surface area (Å²) in [4.78, 5) is 37.7. The Morgan fingerprint density at radius 2 is 1.80 bits per heavy atom. The number of carbonyl (C=O) groups is 1. The molecule has 11 nitrogen and oxygen atoms in total. The van der Waals surface area contributed by atoms with E-state index in [9.17, 15) is 30.1 Å². The number of nitro groups is 2. The number of rotatable bonds is 10. The van der Waals surface area contributed by atoms with E-state index in [0.717, 1.165) is 0 Å². The molecule has 30 heavy (non-hydrogen) atoms. The Morgan fingerprint density at radius 3 is 2.40 bits per heavy atom. The summed E-state index contributed by atoms with van der Waals surface area (Å²) < 4.78 is 4.95. The number of ether oxygens (including phenoxy) is 1. The minimum absolute atomic E-state index is 0.0826. The minimum Gasteiger partial charge on any atom is -0.466 e. The molecule has 0 aliphatic heterocycles. The number of hydrogen-bond donors (Lipinski definition) is 1. The summed E-state index contributed by atoms with van der Waals surface area (Å²) >= 11 is 0.